The first-order valence-corrected chi connectivity index (χ1v) is 6.32. The van der Waals surface area contributed by atoms with Gasteiger partial charge in [0.05, 0.1) is 6.61 Å². The molecule has 0 aliphatic rings. The monoisotopic (exact) mass is 238 g/mol. The summed E-state index contributed by atoms with van der Waals surface area (Å²) < 4.78 is 5.07. The molecule has 0 amide bonds. The molecule has 3 nitrogen and oxygen atoms in total. The Hall–Kier alpha value is -1.06. The van der Waals surface area contributed by atoms with Crippen LogP contribution in [-0.2, 0) is 11.3 Å². The minimum absolute atomic E-state index is 0.781. The van der Waals surface area contributed by atoms with Crippen LogP contribution < -0.4 is 5.73 Å². The fourth-order valence-corrected chi connectivity index (χ4v) is 1.45. The van der Waals surface area contributed by atoms with Crippen LogP contribution in [0.25, 0.3) is 0 Å². The third kappa shape index (κ3) is 6.97. The quantitative estimate of drug-likeness (QED) is 0.774. The fraction of sp³-hybridized carbons (Fsp3) is 0.571. The van der Waals surface area contributed by atoms with Crippen molar-refractivity contribution >= 4 is 5.69 Å². The average molecular weight is 238 g/mol. The first-order chi connectivity index (χ1) is 8.26. The van der Waals surface area contributed by atoms with Gasteiger partial charge in [-0.3, -0.25) is 4.90 Å². The Morgan fingerprint density at radius 3 is 2.24 bits per heavy atom. The van der Waals surface area contributed by atoms with E-state index in [-0.39, 0.29) is 0 Å². The highest BCUT2D eigenvalue weighted by atomic mass is 16.5. The van der Waals surface area contributed by atoms with Crippen molar-refractivity contribution in [2.75, 3.05) is 32.5 Å². The van der Waals surface area contributed by atoms with Crippen LogP contribution in [0.4, 0.5) is 5.69 Å². The largest absolute Gasteiger partial charge is 0.399 e. The van der Waals surface area contributed by atoms with Gasteiger partial charge >= 0.3 is 0 Å². The van der Waals surface area contributed by atoms with Gasteiger partial charge in [-0.05, 0) is 24.2 Å². The molecular weight excluding hydrogens is 212 g/mol. The van der Waals surface area contributed by atoms with Crippen LogP contribution in [0.2, 0.25) is 0 Å². The first-order valence-electron chi connectivity index (χ1n) is 6.32. The van der Waals surface area contributed by atoms with Gasteiger partial charge in [0.1, 0.15) is 0 Å². The van der Waals surface area contributed by atoms with E-state index in [9.17, 15) is 0 Å². The molecule has 1 rings (SSSR count). The Bertz CT molecular complexity index is 272. The van der Waals surface area contributed by atoms with Gasteiger partial charge in [-0.15, -0.1) is 0 Å². The van der Waals surface area contributed by atoms with Crippen molar-refractivity contribution in [3.63, 3.8) is 0 Å². The van der Waals surface area contributed by atoms with E-state index >= 15 is 0 Å². The highest BCUT2D eigenvalue weighted by Crippen LogP contribution is 2.08. The summed E-state index contributed by atoms with van der Waals surface area (Å²) >= 11 is 0. The van der Waals surface area contributed by atoms with Crippen molar-refractivity contribution in [3.8, 4) is 0 Å². The van der Waals surface area contributed by atoms with Crippen molar-refractivity contribution in [3.05, 3.63) is 29.8 Å². The van der Waals surface area contributed by atoms with Gasteiger partial charge in [0.2, 0.25) is 0 Å². The Morgan fingerprint density at radius 1 is 1.18 bits per heavy atom. The summed E-state index contributed by atoms with van der Waals surface area (Å²) in [6.07, 6.45) is 0. The smallest absolute Gasteiger partial charge is 0.0589 e. The number of methoxy groups -OCH3 is 1. The highest BCUT2D eigenvalue weighted by molar-refractivity contribution is 5.39. The molecule has 2 N–H and O–H groups in total. The summed E-state index contributed by atoms with van der Waals surface area (Å²) in [5.74, 6) is 0. The predicted octanol–water partition coefficient (Wildman–Crippen LogP) is 2.76. The van der Waals surface area contributed by atoms with Gasteiger partial charge in [0.15, 0.2) is 0 Å². The summed E-state index contributed by atoms with van der Waals surface area (Å²) in [5, 5.41) is 0. The molecule has 1 aromatic carbocycles. The van der Waals surface area contributed by atoms with Gasteiger partial charge in [-0.1, -0.05) is 32.9 Å². The minimum Gasteiger partial charge on any atom is -0.399 e. The highest BCUT2D eigenvalue weighted by Gasteiger charge is 2.02. The van der Waals surface area contributed by atoms with Crippen molar-refractivity contribution in [1.29, 1.82) is 0 Å². The molecule has 0 saturated carbocycles. The lowest BCUT2D eigenvalue weighted by molar-refractivity contribution is 0.147. The van der Waals surface area contributed by atoms with Crippen LogP contribution in [0.5, 0.6) is 0 Å². The number of benzene rings is 1. The van der Waals surface area contributed by atoms with E-state index < -0.39 is 0 Å². The number of ether oxygens (including phenoxy) is 1. The summed E-state index contributed by atoms with van der Waals surface area (Å²) in [5.41, 5.74) is 7.75. The molecule has 0 bridgehead atoms. The molecule has 0 heterocycles. The molecule has 0 saturated heterocycles. The summed E-state index contributed by atoms with van der Waals surface area (Å²) in [4.78, 5) is 2.34. The third-order valence-electron chi connectivity index (χ3n) is 2.44. The zero-order valence-corrected chi connectivity index (χ0v) is 11.6. The van der Waals surface area contributed by atoms with Gasteiger partial charge in [-0.2, -0.15) is 0 Å². The van der Waals surface area contributed by atoms with E-state index in [1.807, 2.05) is 26.0 Å². The van der Waals surface area contributed by atoms with Gasteiger partial charge in [0.25, 0.3) is 0 Å². The summed E-state index contributed by atoms with van der Waals surface area (Å²) in [6.45, 7) is 9.90. The van der Waals surface area contributed by atoms with Gasteiger partial charge in [-0.25, -0.2) is 0 Å². The first kappa shape index (κ1) is 15.9. The third-order valence-corrected chi connectivity index (χ3v) is 2.44. The maximum absolute atomic E-state index is 5.64. The predicted molar refractivity (Wildman–Crippen MR) is 75.0 cm³/mol. The standard InChI is InChI=1S/C12H20N2O.C2H6/c1-3-14(8-9-15-2)10-11-4-6-12(13)7-5-11;1-2/h4-7H,3,8-10,13H2,1-2H3;1-2H3. The van der Waals surface area contributed by atoms with Crippen molar-refractivity contribution in [2.45, 2.75) is 27.3 Å². The van der Waals surface area contributed by atoms with E-state index in [0.29, 0.717) is 0 Å². The molecule has 1 aromatic rings. The van der Waals surface area contributed by atoms with Gasteiger partial charge < -0.3 is 10.5 Å². The number of rotatable bonds is 6. The molecule has 0 aromatic heterocycles. The van der Waals surface area contributed by atoms with Crippen LogP contribution in [-0.4, -0.2) is 31.7 Å². The second-order valence-corrected chi connectivity index (χ2v) is 3.60. The SMILES string of the molecule is CC.CCN(CCOC)Cc1ccc(N)cc1. The number of hydrogen-bond donors (Lipinski definition) is 1. The average Bonchev–Trinajstić information content (AvgIpc) is 2.39. The Morgan fingerprint density at radius 2 is 1.76 bits per heavy atom. The molecular formula is C14H26N2O. The van der Waals surface area contributed by atoms with E-state index in [2.05, 4.69) is 24.0 Å². The summed E-state index contributed by atoms with van der Waals surface area (Å²) in [6, 6.07) is 8.04. The molecule has 0 aliphatic carbocycles. The van der Waals surface area contributed by atoms with Crippen LogP contribution in [0.15, 0.2) is 24.3 Å². The second-order valence-electron chi connectivity index (χ2n) is 3.60. The van der Waals surface area contributed by atoms with E-state index in [1.54, 1.807) is 7.11 Å². The minimum atomic E-state index is 0.781. The normalized spacial score (nSPS) is 9.94. The fourth-order valence-electron chi connectivity index (χ4n) is 1.45. The maximum Gasteiger partial charge on any atom is 0.0589 e. The number of anilines is 1. The maximum atomic E-state index is 5.64. The van der Waals surface area contributed by atoms with Crippen LogP contribution in [0.3, 0.4) is 0 Å². The Balaban J connectivity index is 0.00000121. The molecule has 0 radical (unpaired) electrons. The number of nitrogen functional groups attached to an aromatic ring is 1. The van der Waals surface area contributed by atoms with Gasteiger partial charge in [0, 0.05) is 25.9 Å². The van der Waals surface area contributed by atoms with Crippen LogP contribution in [0, 0.1) is 0 Å². The molecule has 3 heteroatoms. The Labute approximate surface area is 106 Å². The number of nitrogens with zero attached hydrogens (tertiary/aromatic N) is 1. The lowest BCUT2D eigenvalue weighted by Crippen LogP contribution is -2.26. The summed E-state index contributed by atoms with van der Waals surface area (Å²) in [7, 11) is 1.73. The molecule has 0 unspecified atom stereocenters. The zero-order chi connectivity index (χ0) is 13.1. The molecule has 0 atom stereocenters. The van der Waals surface area contributed by atoms with E-state index in [0.717, 1.165) is 31.9 Å². The Kier molecular flexibility index (Phi) is 9.49. The number of hydrogen-bond acceptors (Lipinski definition) is 3. The van der Waals surface area contributed by atoms with Crippen molar-refractivity contribution < 1.29 is 4.74 Å². The van der Waals surface area contributed by atoms with Crippen LogP contribution >= 0.6 is 0 Å². The molecule has 98 valence electrons. The molecule has 17 heavy (non-hydrogen) atoms. The molecule has 0 spiro atoms. The number of likely N-dealkylation sites (N-methyl/N-ethyl adjacent to an activating group) is 1. The van der Waals surface area contributed by atoms with E-state index in [4.69, 9.17) is 10.5 Å². The lowest BCUT2D eigenvalue weighted by Gasteiger charge is -2.19. The van der Waals surface area contributed by atoms with Crippen molar-refractivity contribution in [1.82, 2.24) is 4.90 Å². The molecule has 0 fully saturated rings. The topological polar surface area (TPSA) is 38.5 Å². The molecule has 0 aliphatic heterocycles. The van der Waals surface area contributed by atoms with Crippen LogP contribution in [0.1, 0.15) is 26.3 Å². The van der Waals surface area contributed by atoms with E-state index in [1.165, 1.54) is 5.56 Å². The number of nitrogens with two attached hydrogens (primary N) is 1. The van der Waals surface area contributed by atoms with Crippen molar-refractivity contribution in [2.24, 2.45) is 0 Å². The zero-order valence-electron chi connectivity index (χ0n) is 11.6. The second kappa shape index (κ2) is 10.1. The lowest BCUT2D eigenvalue weighted by atomic mass is 10.2.